The molecule has 1 atom stereocenters. The number of nitrogens with one attached hydrogen (secondary N) is 1. The molecule has 1 heterocycles. The average Bonchev–Trinajstić information content (AvgIpc) is 2.41. The van der Waals surface area contributed by atoms with Gasteiger partial charge in [0.25, 0.3) is 0 Å². The largest absolute Gasteiger partial charge is 0.337 e. The smallest absolute Gasteiger partial charge is 0.223 e. The summed E-state index contributed by atoms with van der Waals surface area (Å²) in [6, 6.07) is 8.05. The number of carbonyl (C=O) groups is 1. The van der Waals surface area contributed by atoms with Gasteiger partial charge in [-0.3, -0.25) is 4.79 Å². The summed E-state index contributed by atoms with van der Waals surface area (Å²) in [5.74, 6) is 1.08. The molecule has 1 saturated heterocycles. The number of hydrogen-bond acceptors (Lipinski definition) is 3. The van der Waals surface area contributed by atoms with E-state index in [0.29, 0.717) is 12.5 Å². The molecule has 0 radical (unpaired) electrons. The molecule has 0 aromatic heterocycles. The lowest BCUT2D eigenvalue weighted by Crippen LogP contribution is -2.52. The van der Waals surface area contributed by atoms with Crippen LogP contribution < -0.4 is 5.32 Å². The van der Waals surface area contributed by atoms with Crippen LogP contribution in [0.15, 0.2) is 29.2 Å². The maximum atomic E-state index is 12.1. The fraction of sp³-hybridized carbons (Fsp3) is 0.500. The van der Waals surface area contributed by atoms with Gasteiger partial charge >= 0.3 is 0 Å². The van der Waals surface area contributed by atoms with Crippen molar-refractivity contribution < 1.29 is 4.79 Å². The lowest BCUT2D eigenvalue weighted by molar-refractivity contribution is -0.133. The zero-order valence-electron chi connectivity index (χ0n) is 11.5. The molecule has 0 spiro atoms. The van der Waals surface area contributed by atoms with E-state index in [1.807, 2.05) is 29.2 Å². The van der Waals surface area contributed by atoms with E-state index in [1.165, 1.54) is 0 Å². The molecular formula is C14H20Cl2N2OS. The first-order valence-electron chi connectivity index (χ1n) is 6.55. The summed E-state index contributed by atoms with van der Waals surface area (Å²) in [5.41, 5.74) is 0. The van der Waals surface area contributed by atoms with E-state index in [4.69, 9.17) is 11.6 Å². The van der Waals surface area contributed by atoms with Gasteiger partial charge in [-0.25, -0.2) is 0 Å². The molecule has 1 aromatic rings. The van der Waals surface area contributed by atoms with Gasteiger partial charge in [-0.05, 0) is 31.2 Å². The highest BCUT2D eigenvalue weighted by Crippen LogP contribution is 2.21. The molecule has 0 bridgehead atoms. The highest BCUT2D eigenvalue weighted by atomic mass is 35.5. The number of rotatable bonds is 4. The normalized spacial score (nSPS) is 18.5. The van der Waals surface area contributed by atoms with Gasteiger partial charge in [0.05, 0.1) is 0 Å². The number of amides is 1. The second-order valence-corrected chi connectivity index (χ2v) is 6.30. The van der Waals surface area contributed by atoms with Crippen molar-refractivity contribution in [1.29, 1.82) is 0 Å². The second-order valence-electron chi connectivity index (χ2n) is 4.69. The second kappa shape index (κ2) is 8.78. The standard InChI is InChI=1S/C14H19ClN2OS.ClH/c1-11-10-16-7-8-17(11)14(18)6-9-19-13-4-2-12(15)3-5-13;/h2-5,11,16H,6-10H2,1H3;1H. The third kappa shape index (κ3) is 5.17. The fourth-order valence-corrected chi connectivity index (χ4v) is 3.11. The van der Waals surface area contributed by atoms with E-state index in [0.717, 1.165) is 35.3 Å². The van der Waals surface area contributed by atoms with E-state index < -0.39 is 0 Å². The van der Waals surface area contributed by atoms with Gasteiger partial charge in [0, 0.05) is 47.8 Å². The summed E-state index contributed by atoms with van der Waals surface area (Å²) in [6.45, 7) is 4.72. The monoisotopic (exact) mass is 334 g/mol. The number of benzene rings is 1. The van der Waals surface area contributed by atoms with Crippen molar-refractivity contribution in [1.82, 2.24) is 10.2 Å². The van der Waals surface area contributed by atoms with Crippen molar-refractivity contribution in [3.63, 3.8) is 0 Å². The van der Waals surface area contributed by atoms with Crippen molar-refractivity contribution >= 4 is 41.7 Å². The molecule has 0 saturated carbocycles. The number of nitrogens with zero attached hydrogens (tertiary/aromatic N) is 1. The van der Waals surface area contributed by atoms with Crippen molar-refractivity contribution in [2.45, 2.75) is 24.3 Å². The van der Waals surface area contributed by atoms with Gasteiger partial charge in [-0.15, -0.1) is 24.2 Å². The van der Waals surface area contributed by atoms with Crippen LogP contribution in [0.2, 0.25) is 5.02 Å². The minimum Gasteiger partial charge on any atom is -0.337 e. The van der Waals surface area contributed by atoms with Crippen LogP contribution >= 0.6 is 35.8 Å². The Hall–Kier alpha value is -0.420. The van der Waals surface area contributed by atoms with Gasteiger partial charge < -0.3 is 10.2 Å². The zero-order valence-corrected chi connectivity index (χ0v) is 13.9. The molecule has 112 valence electrons. The fourth-order valence-electron chi connectivity index (χ4n) is 2.14. The highest BCUT2D eigenvalue weighted by molar-refractivity contribution is 7.99. The highest BCUT2D eigenvalue weighted by Gasteiger charge is 2.22. The maximum Gasteiger partial charge on any atom is 0.223 e. The molecule has 3 nitrogen and oxygen atoms in total. The Morgan fingerprint density at radius 3 is 2.80 bits per heavy atom. The molecule has 1 aromatic carbocycles. The first-order chi connectivity index (χ1) is 9.16. The van der Waals surface area contributed by atoms with E-state index in [9.17, 15) is 4.79 Å². The summed E-state index contributed by atoms with van der Waals surface area (Å²) in [4.78, 5) is 15.3. The molecule has 1 fully saturated rings. The summed E-state index contributed by atoms with van der Waals surface area (Å²) >= 11 is 7.54. The minimum atomic E-state index is 0. The number of thioether (sulfide) groups is 1. The van der Waals surface area contributed by atoms with Crippen LogP contribution in [0, 0.1) is 0 Å². The van der Waals surface area contributed by atoms with Crippen LogP contribution in [0.5, 0.6) is 0 Å². The van der Waals surface area contributed by atoms with Crippen LogP contribution in [0.1, 0.15) is 13.3 Å². The first kappa shape index (κ1) is 17.6. The maximum absolute atomic E-state index is 12.1. The molecule has 6 heteroatoms. The minimum absolute atomic E-state index is 0. The topological polar surface area (TPSA) is 32.3 Å². The van der Waals surface area contributed by atoms with Crippen molar-refractivity contribution in [2.75, 3.05) is 25.4 Å². The quantitative estimate of drug-likeness (QED) is 0.859. The molecule has 2 rings (SSSR count). The molecule has 1 unspecified atom stereocenters. The van der Waals surface area contributed by atoms with Crippen LogP contribution in [0.4, 0.5) is 0 Å². The zero-order chi connectivity index (χ0) is 13.7. The summed E-state index contributed by atoms with van der Waals surface area (Å²) < 4.78 is 0. The van der Waals surface area contributed by atoms with Crippen LogP contribution in [-0.4, -0.2) is 42.2 Å². The summed E-state index contributed by atoms with van der Waals surface area (Å²) in [6.07, 6.45) is 0.595. The van der Waals surface area contributed by atoms with Crippen LogP contribution in [0.25, 0.3) is 0 Å². The van der Waals surface area contributed by atoms with Gasteiger partial charge in [0.1, 0.15) is 0 Å². The Kier molecular flexibility index (Phi) is 7.74. The molecule has 1 aliphatic heterocycles. The Bertz CT molecular complexity index is 428. The predicted octanol–water partition coefficient (Wildman–Crippen LogP) is 3.06. The SMILES string of the molecule is CC1CNCCN1C(=O)CCSc1ccc(Cl)cc1.Cl. The Morgan fingerprint density at radius 2 is 2.15 bits per heavy atom. The molecule has 20 heavy (non-hydrogen) atoms. The van der Waals surface area contributed by atoms with E-state index in [2.05, 4.69) is 12.2 Å². The van der Waals surface area contributed by atoms with E-state index in [1.54, 1.807) is 11.8 Å². The number of carbonyl (C=O) groups excluding carboxylic acids is 1. The summed E-state index contributed by atoms with van der Waals surface area (Å²) in [7, 11) is 0. The van der Waals surface area contributed by atoms with Gasteiger partial charge in [-0.2, -0.15) is 0 Å². The van der Waals surface area contributed by atoms with Gasteiger partial charge in [0.15, 0.2) is 0 Å². The van der Waals surface area contributed by atoms with Crippen molar-refractivity contribution in [2.24, 2.45) is 0 Å². The predicted molar refractivity (Wildman–Crippen MR) is 88.1 cm³/mol. The Labute approximate surface area is 135 Å². The molecule has 1 aliphatic rings. The summed E-state index contributed by atoms with van der Waals surface area (Å²) in [5, 5.41) is 4.04. The Balaban J connectivity index is 0.00000200. The molecule has 1 amide bonds. The lowest BCUT2D eigenvalue weighted by atomic mass is 10.2. The molecule has 1 N–H and O–H groups in total. The molecular weight excluding hydrogens is 315 g/mol. The lowest BCUT2D eigenvalue weighted by Gasteiger charge is -2.34. The van der Waals surface area contributed by atoms with Gasteiger partial charge in [-0.1, -0.05) is 11.6 Å². The average molecular weight is 335 g/mol. The van der Waals surface area contributed by atoms with Crippen LogP contribution in [0.3, 0.4) is 0 Å². The van der Waals surface area contributed by atoms with E-state index in [-0.39, 0.29) is 18.3 Å². The van der Waals surface area contributed by atoms with Gasteiger partial charge in [0.2, 0.25) is 5.91 Å². The number of halogens is 2. The van der Waals surface area contributed by atoms with Crippen LogP contribution in [-0.2, 0) is 4.79 Å². The third-order valence-electron chi connectivity index (χ3n) is 3.22. The molecule has 0 aliphatic carbocycles. The number of piperazine rings is 1. The number of hydrogen-bond donors (Lipinski definition) is 1. The third-order valence-corrected chi connectivity index (χ3v) is 4.49. The van der Waals surface area contributed by atoms with Crippen molar-refractivity contribution in [3.8, 4) is 0 Å². The van der Waals surface area contributed by atoms with Crippen molar-refractivity contribution in [3.05, 3.63) is 29.3 Å². The first-order valence-corrected chi connectivity index (χ1v) is 7.92. The Morgan fingerprint density at radius 1 is 1.45 bits per heavy atom. The van der Waals surface area contributed by atoms with E-state index >= 15 is 0 Å².